The number of hydrogen-bond donors (Lipinski definition) is 0. The van der Waals surface area contributed by atoms with Crippen LogP contribution in [-0.4, -0.2) is 0 Å². The SMILES string of the molecule is c1ccc(-c2ccc(-c3ccc(N(c4ccc(-c5cccc(-c6cccc(-c7ccc8ccccc8c7)c6)c5)cc4)c4ccc(-c5ccc6c(c5)C(c5ccccc5)(c5ccccc5)c5ccccc5-6)cc4)cc3)cc2)cc1. The summed E-state index contributed by atoms with van der Waals surface area (Å²) in [7, 11) is 0. The number of anilines is 3. The van der Waals surface area contributed by atoms with Crippen molar-refractivity contribution in [1.29, 1.82) is 0 Å². The Morgan fingerprint density at radius 2 is 0.526 bits per heavy atom. The molecule has 366 valence electrons. The number of fused-ring (bicyclic) bond motifs is 4. The van der Waals surface area contributed by atoms with E-state index >= 15 is 0 Å². The van der Waals surface area contributed by atoms with Crippen molar-refractivity contribution in [3.63, 3.8) is 0 Å². The molecule has 0 fully saturated rings. The average Bonchev–Trinajstić information content (AvgIpc) is 3.56. The van der Waals surface area contributed by atoms with E-state index in [4.69, 9.17) is 0 Å². The van der Waals surface area contributed by atoms with Gasteiger partial charge in [-0.05, 0) is 172 Å². The summed E-state index contributed by atoms with van der Waals surface area (Å²) < 4.78 is 0. The minimum Gasteiger partial charge on any atom is -0.311 e. The molecule has 0 radical (unpaired) electrons. The van der Waals surface area contributed by atoms with Crippen molar-refractivity contribution in [2.75, 3.05) is 4.90 Å². The van der Waals surface area contributed by atoms with Gasteiger partial charge < -0.3 is 4.90 Å². The van der Waals surface area contributed by atoms with Crippen molar-refractivity contribution < 1.29 is 0 Å². The summed E-state index contributed by atoms with van der Waals surface area (Å²) in [5.41, 5.74) is 24.8. The Hall–Kier alpha value is -10.1. The molecule has 0 unspecified atom stereocenters. The van der Waals surface area contributed by atoms with Gasteiger partial charge in [-0.2, -0.15) is 0 Å². The predicted octanol–water partition coefficient (Wildman–Crippen LogP) is 20.7. The van der Waals surface area contributed by atoms with Gasteiger partial charge in [-0.25, -0.2) is 0 Å². The number of hydrogen-bond acceptors (Lipinski definition) is 1. The molecule has 78 heavy (non-hydrogen) atoms. The zero-order valence-electron chi connectivity index (χ0n) is 43.0. The normalized spacial score (nSPS) is 12.2. The van der Waals surface area contributed by atoms with Gasteiger partial charge in [0, 0.05) is 17.1 Å². The van der Waals surface area contributed by atoms with E-state index in [-0.39, 0.29) is 0 Å². The summed E-state index contributed by atoms with van der Waals surface area (Å²) in [5.74, 6) is 0. The highest BCUT2D eigenvalue weighted by atomic mass is 15.1. The second kappa shape index (κ2) is 19.9. The largest absolute Gasteiger partial charge is 0.311 e. The molecule has 0 saturated carbocycles. The average molecular weight is 992 g/mol. The topological polar surface area (TPSA) is 3.24 Å². The molecule has 0 amide bonds. The standard InChI is InChI=1S/C77H53N/c1-4-16-54(17-5-1)56-30-32-57(33-31-56)58-36-43-70(44-37-58)78(71-45-38-59(39-46-71)62-20-14-21-63(50-62)64-22-15-23-65(52-64)66-35-34-55-18-10-11-19-61(55)51-66)72-47-40-60(41-48-72)67-42-49-74-73-28-12-13-29-75(73)77(76(74)53-67,68-24-6-2-7-25-68)69-26-8-3-9-27-69/h1-53H. The van der Waals surface area contributed by atoms with Gasteiger partial charge in [0.1, 0.15) is 0 Å². The van der Waals surface area contributed by atoms with Crippen molar-refractivity contribution >= 4 is 27.8 Å². The van der Waals surface area contributed by atoms with Crippen molar-refractivity contribution in [1.82, 2.24) is 0 Å². The Labute approximate surface area is 457 Å². The highest BCUT2D eigenvalue weighted by Crippen LogP contribution is 2.57. The van der Waals surface area contributed by atoms with E-state index in [1.165, 1.54) is 105 Å². The third-order valence-electron chi connectivity index (χ3n) is 16.0. The summed E-state index contributed by atoms with van der Waals surface area (Å²) in [6.45, 7) is 0. The zero-order chi connectivity index (χ0) is 51.8. The summed E-state index contributed by atoms with van der Waals surface area (Å²) in [6.07, 6.45) is 0. The predicted molar refractivity (Wildman–Crippen MR) is 329 cm³/mol. The smallest absolute Gasteiger partial charge is 0.0713 e. The summed E-state index contributed by atoms with van der Waals surface area (Å²) in [6, 6.07) is 118. The molecule has 0 aromatic heterocycles. The van der Waals surface area contributed by atoms with E-state index < -0.39 is 5.41 Å². The summed E-state index contributed by atoms with van der Waals surface area (Å²) in [4.78, 5) is 2.37. The van der Waals surface area contributed by atoms with Gasteiger partial charge in [0.2, 0.25) is 0 Å². The Morgan fingerprint density at radius 3 is 1.05 bits per heavy atom. The first kappa shape index (κ1) is 46.5. The fourth-order valence-electron chi connectivity index (χ4n) is 12.1. The van der Waals surface area contributed by atoms with Crippen LogP contribution in [0.25, 0.3) is 88.7 Å². The third-order valence-corrected chi connectivity index (χ3v) is 16.0. The van der Waals surface area contributed by atoms with E-state index in [0.717, 1.165) is 22.6 Å². The van der Waals surface area contributed by atoms with Crippen LogP contribution in [0.5, 0.6) is 0 Å². The zero-order valence-corrected chi connectivity index (χ0v) is 43.0. The van der Waals surface area contributed by atoms with Gasteiger partial charge >= 0.3 is 0 Å². The summed E-state index contributed by atoms with van der Waals surface area (Å²) >= 11 is 0. The van der Waals surface area contributed by atoms with Gasteiger partial charge in [0.15, 0.2) is 0 Å². The maximum atomic E-state index is 2.45. The fraction of sp³-hybridized carbons (Fsp3) is 0.0130. The minimum atomic E-state index is -0.464. The van der Waals surface area contributed by atoms with Gasteiger partial charge in [0.05, 0.1) is 5.41 Å². The van der Waals surface area contributed by atoms with Crippen LogP contribution in [0.1, 0.15) is 22.3 Å². The van der Waals surface area contributed by atoms with Crippen molar-refractivity contribution in [3.05, 3.63) is 344 Å². The van der Waals surface area contributed by atoms with E-state index in [1.807, 2.05) is 0 Å². The maximum Gasteiger partial charge on any atom is 0.0713 e. The lowest BCUT2D eigenvalue weighted by molar-refractivity contribution is 0.769. The lowest BCUT2D eigenvalue weighted by Gasteiger charge is -2.34. The van der Waals surface area contributed by atoms with E-state index in [1.54, 1.807) is 0 Å². The monoisotopic (exact) mass is 991 g/mol. The van der Waals surface area contributed by atoms with Crippen LogP contribution in [-0.2, 0) is 5.41 Å². The molecule has 14 rings (SSSR count). The molecule has 0 spiro atoms. The molecule has 1 aliphatic carbocycles. The molecule has 0 heterocycles. The molecule has 0 bridgehead atoms. The molecule has 0 aliphatic heterocycles. The Morgan fingerprint density at radius 1 is 0.192 bits per heavy atom. The van der Waals surface area contributed by atoms with Crippen LogP contribution in [0.15, 0.2) is 322 Å². The molecule has 1 aliphatic rings. The second-order valence-corrected chi connectivity index (χ2v) is 20.4. The van der Waals surface area contributed by atoms with Crippen LogP contribution in [0.3, 0.4) is 0 Å². The van der Waals surface area contributed by atoms with Crippen LogP contribution < -0.4 is 4.90 Å². The molecule has 1 heteroatoms. The quantitative estimate of drug-likeness (QED) is 0.125. The highest BCUT2D eigenvalue weighted by Gasteiger charge is 2.46. The lowest BCUT2D eigenvalue weighted by Crippen LogP contribution is -2.28. The number of benzene rings is 13. The second-order valence-electron chi connectivity index (χ2n) is 20.4. The van der Waals surface area contributed by atoms with Crippen LogP contribution in [0.4, 0.5) is 17.1 Å². The molecule has 13 aromatic carbocycles. The first-order valence-corrected chi connectivity index (χ1v) is 27.0. The van der Waals surface area contributed by atoms with Gasteiger partial charge in [-0.3, -0.25) is 0 Å². The van der Waals surface area contributed by atoms with Crippen molar-refractivity contribution in [3.8, 4) is 77.9 Å². The molecule has 13 aromatic rings. The number of nitrogens with zero attached hydrogens (tertiary/aromatic N) is 1. The molecule has 0 atom stereocenters. The molecule has 0 N–H and O–H groups in total. The lowest BCUT2D eigenvalue weighted by atomic mass is 9.67. The van der Waals surface area contributed by atoms with E-state index in [9.17, 15) is 0 Å². The number of rotatable bonds is 11. The highest BCUT2D eigenvalue weighted by molar-refractivity contribution is 5.91. The van der Waals surface area contributed by atoms with Crippen LogP contribution in [0, 0.1) is 0 Å². The summed E-state index contributed by atoms with van der Waals surface area (Å²) in [5, 5.41) is 2.50. The van der Waals surface area contributed by atoms with E-state index in [0.29, 0.717) is 0 Å². The fourth-order valence-corrected chi connectivity index (χ4v) is 12.1. The molecule has 1 nitrogen and oxygen atoms in total. The van der Waals surface area contributed by atoms with Crippen molar-refractivity contribution in [2.24, 2.45) is 0 Å². The first-order valence-electron chi connectivity index (χ1n) is 27.0. The van der Waals surface area contributed by atoms with E-state index in [2.05, 4.69) is 326 Å². The molecule has 0 saturated heterocycles. The van der Waals surface area contributed by atoms with Crippen molar-refractivity contribution in [2.45, 2.75) is 5.41 Å². The first-order chi connectivity index (χ1) is 38.6. The molecular formula is C77H53N. The van der Waals surface area contributed by atoms with Crippen LogP contribution in [0.2, 0.25) is 0 Å². The Kier molecular flexibility index (Phi) is 11.8. The van der Waals surface area contributed by atoms with Gasteiger partial charge in [0.25, 0.3) is 0 Å². The minimum absolute atomic E-state index is 0.464. The molecular weight excluding hydrogens is 939 g/mol. The van der Waals surface area contributed by atoms with Crippen LogP contribution >= 0.6 is 0 Å². The van der Waals surface area contributed by atoms with Gasteiger partial charge in [-0.15, -0.1) is 0 Å². The van der Waals surface area contributed by atoms with Gasteiger partial charge in [-0.1, -0.05) is 261 Å². The Bertz CT molecular complexity index is 4220. The Balaban J connectivity index is 0.813. The third kappa shape index (κ3) is 8.39. The maximum absolute atomic E-state index is 2.45.